The third-order valence-corrected chi connectivity index (χ3v) is 4.11. The van der Waals surface area contributed by atoms with E-state index in [-0.39, 0.29) is 5.69 Å². The summed E-state index contributed by atoms with van der Waals surface area (Å²) in [6, 6.07) is 2.94. The number of carboxylic acids is 1. The first kappa shape index (κ1) is 14.2. The monoisotopic (exact) mass is 279 g/mol. The van der Waals surface area contributed by atoms with Crippen molar-refractivity contribution in [2.24, 2.45) is 5.41 Å². The van der Waals surface area contributed by atoms with E-state index < -0.39 is 16.3 Å². The van der Waals surface area contributed by atoms with Crippen LogP contribution in [0.1, 0.15) is 26.2 Å². The highest BCUT2D eigenvalue weighted by Crippen LogP contribution is 2.37. The summed E-state index contributed by atoms with van der Waals surface area (Å²) in [4.78, 5) is 27.8. The van der Waals surface area contributed by atoms with Gasteiger partial charge in [-0.25, -0.2) is 4.98 Å². The van der Waals surface area contributed by atoms with Crippen molar-refractivity contribution in [3.8, 4) is 0 Å². The lowest BCUT2D eigenvalue weighted by molar-refractivity contribution is -0.384. The third-order valence-electron chi connectivity index (χ3n) is 4.11. The average molecular weight is 279 g/mol. The van der Waals surface area contributed by atoms with E-state index in [1.807, 2.05) is 6.92 Å². The minimum Gasteiger partial charge on any atom is -0.481 e. The van der Waals surface area contributed by atoms with Crippen molar-refractivity contribution in [2.45, 2.75) is 26.2 Å². The fourth-order valence-corrected chi connectivity index (χ4v) is 2.64. The Kier molecular flexibility index (Phi) is 3.87. The number of anilines is 1. The Morgan fingerprint density at radius 3 is 2.70 bits per heavy atom. The predicted octanol–water partition coefficient (Wildman–Crippen LogP) is 2.07. The molecule has 0 bridgehead atoms. The number of carboxylic acid groups (broad SMARTS) is 1. The SMILES string of the molecule is CCC1(C(=O)O)CCN(c2ncccc2[N+](=O)[O-])CC1. The zero-order chi connectivity index (χ0) is 14.8. The lowest BCUT2D eigenvalue weighted by Crippen LogP contribution is -2.44. The number of piperidine rings is 1. The van der Waals surface area contributed by atoms with Gasteiger partial charge < -0.3 is 10.0 Å². The lowest BCUT2D eigenvalue weighted by Gasteiger charge is -2.38. The molecule has 1 aromatic rings. The number of nitro groups is 1. The molecule has 1 saturated heterocycles. The molecule has 1 fully saturated rings. The first-order valence-corrected chi connectivity index (χ1v) is 6.58. The minimum atomic E-state index is -0.782. The van der Waals surface area contributed by atoms with Crippen LogP contribution in [0, 0.1) is 15.5 Å². The van der Waals surface area contributed by atoms with Crippen LogP contribution >= 0.6 is 0 Å². The van der Waals surface area contributed by atoms with Gasteiger partial charge in [0.2, 0.25) is 5.82 Å². The summed E-state index contributed by atoms with van der Waals surface area (Å²) in [5, 5.41) is 20.3. The summed E-state index contributed by atoms with van der Waals surface area (Å²) < 4.78 is 0. The van der Waals surface area contributed by atoms with Gasteiger partial charge in [0.25, 0.3) is 0 Å². The summed E-state index contributed by atoms with van der Waals surface area (Å²) in [5.74, 6) is -0.456. The molecular formula is C13H17N3O4. The van der Waals surface area contributed by atoms with Gasteiger partial charge in [-0.2, -0.15) is 0 Å². The summed E-state index contributed by atoms with van der Waals surface area (Å²) in [6.45, 7) is 2.81. The maximum atomic E-state index is 11.4. The smallest absolute Gasteiger partial charge is 0.311 e. The van der Waals surface area contributed by atoms with Gasteiger partial charge >= 0.3 is 11.7 Å². The highest BCUT2D eigenvalue weighted by atomic mass is 16.6. The first-order valence-electron chi connectivity index (χ1n) is 6.58. The van der Waals surface area contributed by atoms with Gasteiger partial charge in [-0.1, -0.05) is 6.92 Å². The second-order valence-electron chi connectivity index (χ2n) is 5.03. The van der Waals surface area contributed by atoms with E-state index in [0.29, 0.717) is 38.2 Å². The number of aromatic nitrogens is 1. The second-order valence-corrected chi connectivity index (χ2v) is 5.03. The Hall–Kier alpha value is -2.18. The summed E-state index contributed by atoms with van der Waals surface area (Å²) in [7, 11) is 0. The average Bonchev–Trinajstić information content (AvgIpc) is 2.47. The van der Waals surface area contributed by atoms with Gasteiger partial charge in [0.15, 0.2) is 0 Å². The van der Waals surface area contributed by atoms with Gasteiger partial charge in [-0.05, 0) is 25.3 Å². The molecule has 0 amide bonds. The normalized spacial score (nSPS) is 17.8. The fraction of sp³-hybridized carbons (Fsp3) is 0.538. The van der Waals surface area contributed by atoms with Crippen LogP contribution in [0.5, 0.6) is 0 Å². The van der Waals surface area contributed by atoms with E-state index in [9.17, 15) is 20.0 Å². The molecule has 2 heterocycles. The van der Waals surface area contributed by atoms with Crippen LogP contribution in [0.2, 0.25) is 0 Å². The Morgan fingerprint density at radius 1 is 1.55 bits per heavy atom. The second kappa shape index (κ2) is 5.44. The molecule has 1 aliphatic heterocycles. The lowest BCUT2D eigenvalue weighted by atomic mass is 9.76. The number of hydrogen-bond donors (Lipinski definition) is 1. The Balaban J connectivity index is 2.19. The molecule has 20 heavy (non-hydrogen) atoms. The molecule has 0 atom stereocenters. The van der Waals surface area contributed by atoms with E-state index in [0.717, 1.165) is 0 Å². The van der Waals surface area contributed by atoms with Crippen molar-refractivity contribution in [3.63, 3.8) is 0 Å². The summed E-state index contributed by atoms with van der Waals surface area (Å²) in [5.41, 5.74) is -0.744. The van der Waals surface area contributed by atoms with Crippen LogP contribution < -0.4 is 4.90 Å². The molecule has 7 nitrogen and oxygen atoms in total. The van der Waals surface area contributed by atoms with Crippen molar-refractivity contribution in [2.75, 3.05) is 18.0 Å². The summed E-state index contributed by atoms with van der Waals surface area (Å²) in [6.07, 6.45) is 3.04. The molecule has 0 saturated carbocycles. The largest absolute Gasteiger partial charge is 0.481 e. The Morgan fingerprint density at radius 2 is 2.20 bits per heavy atom. The predicted molar refractivity (Wildman–Crippen MR) is 72.7 cm³/mol. The maximum absolute atomic E-state index is 11.4. The van der Waals surface area contributed by atoms with Gasteiger partial charge in [0.05, 0.1) is 10.3 Å². The molecule has 0 aromatic carbocycles. The van der Waals surface area contributed by atoms with Crippen molar-refractivity contribution in [1.29, 1.82) is 0 Å². The van der Waals surface area contributed by atoms with Crippen LogP contribution in [0.4, 0.5) is 11.5 Å². The van der Waals surface area contributed by atoms with E-state index in [4.69, 9.17) is 0 Å². The third kappa shape index (κ3) is 2.43. The molecule has 2 rings (SSSR count). The number of nitrogens with zero attached hydrogens (tertiary/aromatic N) is 3. The van der Waals surface area contributed by atoms with Crippen molar-refractivity contribution in [3.05, 3.63) is 28.4 Å². The minimum absolute atomic E-state index is 0.0353. The number of pyridine rings is 1. The molecule has 1 aliphatic rings. The molecule has 0 unspecified atom stereocenters. The zero-order valence-electron chi connectivity index (χ0n) is 11.3. The topological polar surface area (TPSA) is 96.6 Å². The van der Waals surface area contributed by atoms with Gasteiger partial charge in [-0.15, -0.1) is 0 Å². The molecular weight excluding hydrogens is 262 g/mol. The number of carbonyl (C=O) groups is 1. The Bertz CT molecular complexity index is 524. The fourth-order valence-electron chi connectivity index (χ4n) is 2.64. The van der Waals surface area contributed by atoms with Crippen LogP contribution in [-0.4, -0.2) is 34.1 Å². The van der Waals surface area contributed by atoms with E-state index >= 15 is 0 Å². The number of aliphatic carboxylic acids is 1. The van der Waals surface area contributed by atoms with E-state index in [2.05, 4.69) is 4.98 Å². The van der Waals surface area contributed by atoms with Gasteiger partial charge in [-0.3, -0.25) is 14.9 Å². The van der Waals surface area contributed by atoms with Gasteiger partial charge in [0.1, 0.15) is 0 Å². The van der Waals surface area contributed by atoms with Crippen molar-refractivity contribution >= 4 is 17.5 Å². The molecule has 108 valence electrons. The zero-order valence-corrected chi connectivity index (χ0v) is 11.3. The standard InChI is InChI=1S/C13H17N3O4/c1-2-13(12(17)18)5-8-15(9-6-13)11-10(16(19)20)4-3-7-14-11/h3-4,7H,2,5-6,8-9H2,1H3,(H,17,18). The maximum Gasteiger partial charge on any atom is 0.311 e. The quantitative estimate of drug-likeness (QED) is 0.669. The van der Waals surface area contributed by atoms with Crippen molar-refractivity contribution in [1.82, 2.24) is 4.98 Å². The molecule has 0 aliphatic carbocycles. The van der Waals surface area contributed by atoms with Crippen LogP contribution in [0.25, 0.3) is 0 Å². The van der Waals surface area contributed by atoms with Crippen molar-refractivity contribution < 1.29 is 14.8 Å². The molecule has 0 spiro atoms. The highest BCUT2D eigenvalue weighted by Gasteiger charge is 2.40. The molecule has 1 N–H and O–H groups in total. The van der Waals surface area contributed by atoms with E-state index in [1.165, 1.54) is 18.3 Å². The number of hydrogen-bond acceptors (Lipinski definition) is 5. The van der Waals surface area contributed by atoms with Crippen LogP contribution in [0.3, 0.4) is 0 Å². The van der Waals surface area contributed by atoms with E-state index in [1.54, 1.807) is 4.90 Å². The first-order chi connectivity index (χ1) is 9.50. The number of rotatable bonds is 4. The molecule has 0 radical (unpaired) electrons. The summed E-state index contributed by atoms with van der Waals surface area (Å²) >= 11 is 0. The van der Waals surface area contributed by atoms with Gasteiger partial charge in [0, 0.05) is 25.4 Å². The highest BCUT2D eigenvalue weighted by molar-refractivity contribution is 5.75. The molecule has 7 heteroatoms. The van der Waals surface area contributed by atoms with Crippen LogP contribution in [0.15, 0.2) is 18.3 Å². The Labute approximate surface area is 116 Å². The molecule has 1 aromatic heterocycles. The van der Waals surface area contributed by atoms with Crippen LogP contribution in [-0.2, 0) is 4.79 Å².